The number of aromatic nitrogens is 1. The minimum atomic E-state index is 0.454. The number of carbonyl (C=O) groups is 1. The Morgan fingerprint density at radius 3 is 2.48 bits per heavy atom. The fourth-order valence-corrected chi connectivity index (χ4v) is 2.97. The highest BCUT2D eigenvalue weighted by molar-refractivity contribution is 6.39. The summed E-state index contributed by atoms with van der Waals surface area (Å²) >= 11 is 12.2. The van der Waals surface area contributed by atoms with Crippen LogP contribution in [-0.2, 0) is 0 Å². The Bertz CT molecular complexity index is 822. The Hall–Kier alpha value is -1.97. The monoisotopic (exact) mass is 319 g/mol. The van der Waals surface area contributed by atoms with Crippen molar-refractivity contribution in [1.29, 1.82) is 0 Å². The number of benzene rings is 2. The van der Waals surface area contributed by atoms with Crippen LogP contribution >= 0.6 is 23.2 Å². The average molecular weight is 320 g/mol. The number of H-pyrrole nitrogens is 1. The molecule has 0 radical (unpaired) electrons. The van der Waals surface area contributed by atoms with E-state index in [0.29, 0.717) is 26.7 Å². The van der Waals surface area contributed by atoms with Crippen LogP contribution in [0.1, 0.15) is 10.4 Å². The van der Waals surface area contributed by atoms with E-state index in [4.69, 9.17) is 27.9 Å². The summed E-state index contributed by atoms with van der Waals surface area (Å²) in [6, 6.07) is 10.8. The summed E-state index contributed by atoms with van der Waals surface area (Å²) in [5, 5.41) is 1.66. The molecule has 3 rings (SSSR count). The molecule has 1 heterocycles. The number of nitrogens with one attached hydrogen (secondary N) is 1. The fourth-order valence-electron chi connectivity index (χ4n) is 2.38. The van der Waals surface area contributed by atoms with Crippen molar-refractivity contribution >= 4 is 40.4 Å². The summed E-state index contributed by atoms with van der Waals surface area (Å²) in [4.78, 5) is 14.7. The first-order chi connectivity index (χ1) is 10.1. The summed E-state index contributed by atoms with van der Waals surface area (Å²) in [5.41, 5.74) is 2.85. The molecule has 0 saturated carbocycles. The molecule has 0 aliphatic heterocycles. The van der Waals surface area contributed by atoms with Gasteiger partial charge in [0.1, 0.15) is 5.75 Å². The van der Waals surface area contributed by atoms with Gasteiger partial charge >= 0.3 is 0 Å². The first-order valence-electron chi connectivity index (χ1n) is 6.24. The highest BCUT2D eigenvalue weighted by atomic mass is 35.5. The molecule has 5 heteroatoms. The lowest BCUT2D eigenvalue weighted by Gasteiger charge is -2.02. The molecule has 2 aromatic carbocycles. The maximum Gasteiger partial charge on any atom is 0.152 e. The van der Waals surface area contributed by atoms with Crippen LogP contribution in [0, 0.1) is 0 Å². The number of halogens is 2. The minimum absolute atomic E-state index is 0.454. The number of hydrogen-bond acceptors (Lipinski definition) is 2. The van der Waals surface area contributed by atoms with E-state index in [2.05, 4.69) is 4.98 Å². The summed E-state index contributed by atoms with van der Waals surface area (Å²) in [6.07, 6.45) is 0.804. The van der Waals surface area contributed by atoms with E-state index in [-0.39, 0.29) is 0 Å². The van der Waals surface area contributed by atoms with E-state index >= 15 is 0 Å². The van der Waals surface area contributed by atoms with Gasteiger partial charge in [0.25, 0.3) is 0 Å². The summed E-state index contributed by atoms with van der Waals surface area (Å²) in [7, 11) is 1.61. The maximum absolute atomic E-state index is 11.5. The van der Waals surface area contributed by atoms with Crippen LogP contribution in [0.15, 0.2) is 36.4 Å². The summed E-state index contributed by atoms with van der Waals surface area (Å²) in [5.74, 6) is 0.753. The van der Waals surface area contributed by atoms with Gasteiger partial charge in [0, 0.05) is 21.5 Å². The highest BCUT2D eigenvalue weighted by Gasteiger charge is 2.16. The molecule has 3 nitrogen and oxygen atoms in total. The molecule has 0 amide bonds. The van der Waals surface area contributed by atoms with Gasteiger partial charge in [0.2, 0.25) is 0 Å². The molecule has 0 atom stereocenters. The van der Waals surface area contributed by atoms with Gasteiger partial charge < -0.3 is 9.72 Å². The van der Waals surface area contributed by atoms with Crippen LogP contribution in [-0.4, -0.2) is 18.4 Å². The van der Waals surface area contributed by atoms with Gasteiger partial charge in [0.15, 0.2) is 6.29 Å². The van der Waals surface area contributed by atoms with Gasteiger partial charge in [-0.2, -0.15) is 0 Å². The lowest BCUT2D eigenvalue weighted by atomic mass is 10.1. The number of rotatable bonds is 3. The Morgan fingerprint density at radius 2 is 1.86 bits per heavy atom. The maximum atomic E-state index is 11.5. The molecule has 0 spiro atoms. The molecule has 21 heavy (non-hydrogen) atoms. The van der Waals surface area contributed by atoms with Gasteiger partial charge in [-0.05, 0) is 42.0 Å². The van der Waals surface area contributed by atoms with E-state index in [9.17, 15) is 4.79 Å². The van der Waals surface area contributed by atoms with E-state index in [1.54, 1.807) is 19.2 Å². The van der Waals surface area contributed by atoms with Gasteiger partial charge in [-0.15, -0.1) is 0 Å². The minimum Gasteiger partial charge on any atom is -0.497 e. The van der Waals surface area contributed by atoms with Crippen LogP contribution in [0.3, 0.4) is 0 Å². The number of hydrogen-bond donors (Lipinski definition) is 1. The Labute approximate surface area is 131 Å². The number of carbonyl (C=O) groups excluding carboxylic acids is 1. The fraction of sp³-hybridized carbons (Fsp3) is 0.0625. The summed E-state index contributed by atoms with van der Waals surface area (Å²) in [6.45, 7) is 0. The quantitative estimate of drug-likeness (QED) is 0.693. The number of ether oxygens (including phenoxy) is 1. The SMILES string of the molecule is COc1ccc(-c2[nH]c3cc(Cl)cc(Cl)c3c2C=O)cc1. The number of methoxy groups -OCH3 is 1. The largest absolute Gasteiger partial charge is 0.497 e. The number of aldehydes is 1. The van der Waals surface area contributed by atoms with Crippen LogP contribution in [0.5, 0.6) is 5.75 Å². The van der Waals surface area contributed by atoms with Gasteiger partial charge in [-0.25, -0.2) is 0 Å². The van der Waals surface area contributed by atoms with Crippen molar-refractivity contribution in [2.45, 2.75) is 0 Å². The van der Waals surface area contributed by atoms with E-state index < -0.39 is 0 Å². The van der Waals surface area contributed by atoms with Crippen molar-refractivity contribution in [3.05, 3.63) is 52.0 Å². The lowest BCUT2D eigenvalue weighted by molar-refractivity contribution is 0.112. The predicted octanol–water partition coefficient (Wildman–Crippen LogP) is 4.96. The lowest BCUT2D eigenvalue weighted by Crippen LogP contribution is -1.86. The van der Waals surface area contributed by atoms with Crippen LogP contribution in [0.25, 0.3) is 22.2 Å². The van der Waals surface area contributed by atoms with Gasteiger partial charge in [-0.3, -0.25) is 4.79 Å². The Kier molecular flexibility index (Phi) is 3.62. The van der Waals surface area contributed by atoms with E-state index in [0.717, 1.165) is 23.1 Å². The Balaban J connectivity index is 2.26. The molecular formula is C16H11Cl2NO2. The molecule has 0 unspecified atom stereocenters. The molecule has 0 saturated heterocycles. The normalized spacial score (nSPS) is 10.8. The van der Waals surface area contributed by atoms with Gasteiger partial charge in [-0.1, -0.05) is 23.2 Å². The van der Waals surface area contributed by atoms with E-state index in [1.807, 2.05) is 24.3 Å². The number of aromatic amines is 1. The van der Waals surface area contributed by atoms with E-state index in [1.165, 1.54) is 0 Å². The zero-order chi connectivity index (χ0) is 15.0. The second kappa shape index (κ2) is 5.43. The van der Waals surface area contributed by atoms with Crippen LogP contribution in [0.2, 0.25) is 10.0 Å². The van der Waals surface area contributed by atoms with Crippen molar-refractivity contribution in [3.8, 4) is 17.0 Å². The first-order valence-corrected chi connectivity index (χ1v) is 7.00. The highest BCUT2D eigenvalue weighted by Crippen LogP contribution is 2.35. The van der Waals surface area contributed by atoms with Crippen molar-refractivity contribution in [1.82, 2.24) is 4.98 Å². The third-order valence-corrected chi connectivity index (χ3v) is 3.87. The van der Waals surface area contributed by atoms with Crippen LogP contribution < -0.4 is 4.74 Å². The topological polar surface area (TPSA) is 42.1 Å². The molecular weight excluding hydrogens is 309 g/mol. The Morgan fingerprint density at radius 1 is 1.14 bits per heavy atom. The van der Waals surface area contributed by atoms with Crippen molar-refractivity contribution in [3.63, 3.8) is 0 Å². The van der Waals surface area contributed by atoms with Crippen molar-refractivity contribution < 1.29 is 9.53 Å². The molecule has 3 aromatic rings. The third-order valence-electron chi connectivity index (χ3n) is 3.35. The second-order valence-electron chi connectivity index (χ2n) is 4.57. The van der Waals surface area contributed by atoms with Crippen LogP contribution in [0.4, 0.5) is 0 Å². The first kappa shape index (κ1) is 14.0. The second-order valence-corrected chi connectivity index (χ2v) is 5.41. The standard InChI is InChI=1S/C16H11Cl2NO2/c1-21-11-4-2-9(3-5-11)16-12(8-20)15-13(18)6-10(17)7-14(15)19-16/h2-8,19H,1H3. The third kappa shape index (κ3) is 2.39. The zero-order valence-electron chi connectivity index (χ0n) is 11.1. The molecule has 0 aliphatic carbocycles. The van der Waals surface area contributed by atoms with Crippen molar-refractivity contribution in [2.75, 3.05) is 7.11 Å². The molecule has 0 bridgehead atoms. The molecule has 0 aliphatic rings. The van der Waals surface area contributed by atoms with Gasteiger partial charge in [0.05, 0.1) is 17.8 Å². The number of fused-ring (bicyclic) bond motifs is 1. The zero-order valence-corrected chi connectivity index (χ0v) is 12.6. The van der Waals surface area contributed by atoms with Crippen molar-refractivity contribution in [2.24, 2.45) is 0 Å². The summed E-state index contributed by atoms with van der Waals surface area (Å²) < 4.78 is 5.14. The molecule has 0 fully saturated rings. The molecule has 106 valence electrons. The average Bonchev–Trinajstić information content (AvgIpc) is 2.85. The predicted molar refractivity (Wildman–Crippen MR) is 85.7 cm³/mol. The molecule has 1 N–H and O–H groups in total. The smallest absolute Gasteiger partial charge is 0.152 e. The molecule has 1 aromatic heterocycles.